The number of anilines is 1. The summed E-state index contributed by atoms with van der Waals surface area (Å²) >= 11 is 1.54. The molecule has 1 aromatic carbocycles. The fraction of sp³-hybridized carbons (Fsp3) is 0.435. The van der Waals surface area contributed by atoms with E-state index in [9.17, 15) is 18.5 Å². The van der Waals surface area contributed by atoms with E-state index in [1.54, 1.807) is 29.5 Å². The molecule has 32 heavy (non-hydrogen) atoms. The van der Waals surface area contributed by atoms with Crippen LogP contribution in [0.3, 0.4) is 0 Å². The van der Waals surface area contributed by atoms with E-state index in [4.69, 9.17) is 0 Å². The van der Waals surface area contributed by atoms with Crippen LogP contribution in [0.15, 0.2) is 33.6 Å². The minimum atomic E-state index is -3.65. The largest absolute Gasteiger partial charge is 0.355 e. The predicted octanol–water partition coefficient (Wildman–Crippen LogP) is 3.54. The van der Waals surface area contributed by atoms with Crippen molar-refractivity contribution in [3.05, 3.63) is 45.8 Å². The first-order valence-corrected chi connectivity index (χ1v) is 13.2. The SMILES string of the molecule is C[C@@H]1CCc2c(sc(NC(=O)C3CCN(C4=NS(=O)(=O)c5ccccc54)CC3)c2C#N)C1. The topological polar surface area (TPSA) is 103 Å². The number of fused-ring (bicyclic) bond motifs is 2. The molecule has 0 spiro atoms. The molecule has 0 bridgehead atoms. The number of amides is 1. The zero-order valence-electron chi connectivity index (χ0n) is 17.8. The number of benzene rings is 1. The fourth-order valence-corrected chi connectivity index (χ4v) is 7.43. The minimum Gasteiger partial charge on any atom is -0.355 e. The second-order valence-electron chi connectivity index (χ2n) is 8.80. The quantitative estimate of drug-likeness (QED) is 0.726. The van der Waals surface area contributed by atoms with E-state index in [1.165, 1.54) is 4.88 Å². The van der Waals surface area contributed by atoms with E-state index in [0.29, 0.717) is 53.8 Å². The predicted molar refractivity (Wildman–Crippen MR) is 123 cm³/mol. The van der Waals surface area contributed by atoms with Gasteiger partial charge in [-0.05, 0) is 55.7 Å². The van der Waals surface area contributed by atoms with Gasteiger partial charge in [0.2, 0.25) is 5.91 Å². The number of amidine groups is 1. The van der Waals surface area contributed by atoms with Crippen molar-refractivity contribution in [3.8, 4) is 6.07 Å². The zero-order chi connectivity index (χ0) is 22.5. The third kappa shape index (κ3) is 3.61. The second kappa shape index (κ2) is 8.01. The van der Waals surface area contributed by atoms with Crippen LogP contribution < -0.4 is 5.32 Å². The highest BCUT2D eigenvalue weighted by molar-refractivity contribution is 7.90. The van der Waals surface area contributed by atoms with Gasteiger partial charge in [-0.1, -0.05) is 19.1 Å². The molecule has 2 aromatic rings. The maximum absolute atomic E-state index is 13.0. The number of piperidine rings is 1. The molecule has 1 fully saturated rings. The molecule has 0 unspecified atom stereocenters. The van der Waals surface area contributed by atoms with Crippen LogP contribution in [0.1, 0.15) is 47.8 Å². The first kappa shape index (κ1) is 21.2. The van der Waals surface area contributed by atoms with Crippen LogP contribution in [0, 0.1) is 23.2 Å². The van der Waals surface area contributed by atoms with Gasteiger partial charge >= 0.3 is 0 Å². The summed E-state index contributed by atoms with van der Waals surface area (Å²) in [4.78, 5) is 16.4. The summed E-state index contributed by atoms with van der Waals surface area (Å²) in [6, 6.07) is 9.17. The summed E-state index contributed by atoms with van der Waals surface area (Å²) in [6.07, 6.45) is 4.16. The third-order valence-electron chi connectivity index (χ3n) is 6.64. The minimum absolute atomic E-state index is 0.0609. The molecule has 1 N–H and O–H groups in total. The molecule has 0 saturated carbocycles. The summed E-state index contributed by atoms with van der Waals surface area (Å²) < 4.78 is 28.7. The van der Waals surface area contributed by atoms with Crippen LogP contribution >= 0.6 is 11.3 Å². The zero-order valence-corrected chi connectivity index (χ0v) is 19.4. The van der Waals surface area contributed by atoms with Crippen molar-refractivity contribution in [2.24, 2.45) is 16.2 Å². The number of likely N-dealkylation sites (tertiary alicyclic amines) is 1. The lowest BCUT2D eigenvalue weighted by Crippen LogP contribution is -2.41. The van der Waals surface area contributed by atoms with Crippen LogP contribution in [0.2, 0.25) is 0 Å². The number of hydrogen-bond donors (Lipinski definition) is 1. The Morgan fingerprint density at radius 2 is 2.00 bits per heavy atom. The van der Waals surface area contributed by atoms with E-state index in [2.05, 4.69) is 22.7 Å². The number of rotatable bonds is 2. The first-order chi connectivity index (χ1) is 15.4. The standard InChI is InChI=1S/C23H24N4O3S2/c1-14-6-7-16-18(13-24)23(31-19(16)12-14)25-22(28)15-8-10-27(11-9-15)21-17-4-2-3-5-20(17)32(29,30)26-21/h2-5,14-15H,6-12H2,1H3,(H,25,28)/t14-/m1/s1. The van der Waals surface area contributed by atoms with Crippen molar-refractivity contribution in [1.82, 2.24) is 4.90 Å². The Morgan fingerprint density at radius 1 is 1.25 bits per heavy atom. The van der Waals surface area contributed by atoms with Gasteiger partial charge in [0.15, 0.2) is 5.84 Å². The van der Waals surface area contributed by atoms with Gasteiger partial charge in [-0.25, -0.2) is 0 Å². The van der Waals surface area contributed by atoms with Crippen LogP contribution in [0.5, 0.6) is 0 Å². The molecule has 166 valence electrons. The number of nitriles is 1. The number of sulfonamides is 1. The number of carbonyl (C=O) groups is 1. The Labute approximate surface area is 191 Å². The van der Waals surface area contributed by atoms with Crippen LogP contribution in [-0.2, 0) is 27.7 Å². The molecule has 1 amide bonds. The van der Waals surface area contributed by atoms with E-state index in [0.717, 1.165) is 24.8 Å². The molecular formula is C23H24N4O3S2. The summed E-state index contributed by atoms with van der Waals surface area (Å²) in [5, 5.41) is 13.4. The normalized spacial score (nSPS) is 21.9. The number of nitrogens with zero attached hydrogens (tertiary/aromatic N) is 3. The molecule has 1 aromatic heterocycles. The van der Waals surface area contributed by atoms with Gasteiger partial charge in [0.1, 0.15) is 16.0 Å². The molecule has 5 rings (SSSR count). The smallest absolute Gasteiger partial charge is 0.285 e. The highest BCUT2D eigenvalue weighted by Crippen LogP contribution is 2.39. The maximum Gasteiger partial charge on any atom is 0.285 e. The highest BCUT2D eigenvalue weighted by atomic mass is 32.2. The van der Waals surface area contributed by atoms with Crippen molar-refractivity contribution in [1.29, 1.82) is 5.26 Å². The van der Waals surface area contributed by atoms with Crippen molar-refractivity contribution in [2.75, 3.05) is 18.4 Å². The highest BCUT2D eigenvalue weighted by Gasteiger charge is 2.35. The van der Waals surface area contributed by atoms with E-state index in [1.807, 2.05) is 11.0 Å². The lowest BCUT2D eigenvalue weighted by Gasteiger charge is -2.32. The maximum atomic E-state index is 13.0. The van der Waals surface area contributed by atoms with Crippen molar-refractivity contribution in [3.63, 3.8) is 0 Å². The molecular weight excluding hydrogens is 444 g/mol. The lowest BCUT2D eigenvalue weighted by molar-refractivity contribution is -0.120. The first-order valence-electron chi connectivity index (χ1n) is 10.9. The van der Waals surface area contributed by atoms with Crippen LogP contribution in [0.4, 0.5) is 5.00 Å². The molecule has 3 heterocycles. The number of thiophene rings is 1. The molecule has 3 aliphatic rings. The fourth-order valence-electron chi connectivity index (χ4n) is 4.84. The second-order valence-corrected chi connectivity index (χ2v) is 11.5. The molecule has 2 aliphatic heterocycles. The molecule has 0 radical (unpaired) electrons. The Morgan fingerprint density at radius 3 is 2.75 bits per heavy atom. The van der Waals surface area contributed by atoms with Gasteiger partial charge in [-0.3, -0.25) is 4.79 Å². The molecule has 7 nitrogen and oxygen atoms in total. The molecule has 1 aliphatic carbocycles. The van der Waals surface area contributed by atoms with Crippen molar-refractivity contribution in [2.45, 2.75) is 43.9 Å². The van der Waals surface area contributed by atoms with Crippen molar-refractivity contribution < 1.29 is 13.2 Å². The van der Waals surface area contributed by atoms with Gasteiger partial charge in [-0.2, -0.15) is 13.7 Å². The Balaban J connectivity index is 1.27. The molecule has 1 saturated heterocycles. The summed E-state index contributed by atoms with van der Waals surface area (Å²) in [5.41, 5.74) is 2.37. The molecule has 9 heteroatoms. The Kier molecular flexibility index (Phi) is 5.30. The summed E-state index contributed by atoms with van der Waals surface area (Å²) in [6.45, 7) is 3.34. The van der Waals surface area contributed by atoms with Gasteiger partial charge in [0.25, 0.3) is 10.0 Å². The van der Waals surface area contributed by atoms with E-state index in [-0.39, 0.29) is 16.7 Å². The summed E-state index contributed by atoms with van der Waals surface area (Å²) in [5.74, 6) is 0.846. The lowest BCUT2D eigenvalue weighted by atomic mass is 9.88. The number of nitrogens with one attached hydrogen (secondary N) is 1. The van der Waals surface area contributed by atoms with E-state index >= 15 is 0 Å². The monoisotopic (exact) mass is 468 g/mol. The molecule has 1 atom stereocenters. The average Bonchev–Trinajstić information content (AvgIpc) is 3.27. The van der Waals surface area contributed by atoms with Gasteiger partial charge < -0.3 is 10.2 Å². The van der Waals surface area contributed by atoms with E-state index < -0.39 is 10.0 Å². The Hall–Kier alpha value is -2.70. The Bertz CT molecular complexity index is 1260. The van der Waals surface area contributed by atoms with Crippen molar-refractivity contribution >= 4 is 38.1 Å². The third-order valence-corrected chi connectivity index (χ3v) is 9.13. The summed E-state index contributed by atoms with van der Waals surface area (Å²) in [7, 11) is -3.65. The van der Waals surface area contributed by atoms with Crippen LogP contribution in [0.25, 0.3) is 0 Å². The number of carbonyl (C=O) groups excluding carboxylic acids is 1. The van der Waals surface area contributed by atoms with Gasteiger partial charge in [0, 0.05) is 29.4 Å². The van der Waals surface area contributed by atoms with Gasteiger partial charge in [-0.15, -0.1) is 15.7 Å². The van der Waals surface area contributed by atoms with Crippen LogP contribution in [-0.4, -0.2) is 38.2 Å². The van der Waals surface area contributed by atoms with Gasteiger partial charge in [0.05, 0.1) is 5.56 Å². The number of hydrogen-bond acceptors (Lipinski definition) is 6. The average molecular weight is 469 g/mol.